The fraction of sp³-hybridized carbons (Fsp3) is 0.583. The van der Waals surface area contributed by atoms with Crippen molar-refractivity contribution in [2.24, 2.45) is 5.73 Å². The largest absolute Gasteiger partial charge is 0.321 e. The average Bonchev–Trinajstić information content (AvgIpc) is 2.46. The zero-order valence-corrected chi connectivity index (χ0v) is 8.58. The summed E-state index contributed by atoms with van der Waals surface area (Å²) in [4.78, 5) is 4.04. The number of aromatic nitrogens is 1. The number of hydrogen-bond donors (Lipinski definition) is 1. The summed E-state index contributed by atoms with van der Waals surface area (Å²) in [5.41, 5.74) is 7.63. The fourth-order valence-corrected chi connectivity index (χ4v) is 2.33. The van der Waals surface area contributed by atoms with Crippen LogP contribution in [-0.4, -0.2) is 4.98 Å². The Kier molecular flexibility index (Phi) is 2.82. The van der Waals surface area contributed by atoms with Crippen molar-refractivity contribution in [2.45, 2.75) is 44.1 Å². The van der Waals surface area contributed by atoms with E-state index in [2.05, 4.69) is 17.1 Å². The smallest absolute Gasteiger partial charge is 0.0410 e. The molecule has 76 valence electrons. The predicted molar refractivity (Wildman–Crippen MR) is 57.8 cm³/mol. The first-order chi connectivity index (χ1) is 6.81. The van der Waals surface area contributed by atoms with Gasteiger partial charge in [0, 0.05) is 17.9 Å². The SMILES string of the molecule is NC1(c2ccncc2)CCCCCC1. The Balaban J connectivity index is 2.21. The average molecular weight is 190 g/mol. The first-order valence-corrected chi connectivity index (χ1v) is 5.51. The molecule has 0 aromatic carbocycles. The van der Waals surface area contributed by atoms with E-state index < -0.39 is 0 Å². The van der Waals surface area contributed by atoms with Gasteiger partial charge in [0.25, 0.3) is 0 Å². The van der Waals surface area contributed by atoms with Crippen molar-refractivity contribution in [3.8, 4) is 0 Å². The highest BCUT2D eigenvalue weighted by Crippen LogP contribution is 2.33. The van der Waals surface area contributed by atoms with E-state index in [1.165, 1.54) is 31.2 Å². The number of hydrogen-bond acceptors (Lipinski definition) is 2. The summed E-state index contributed by atoms with van der Waals surface area (Å²) in [6, 6.07) is 4.12. The highest BCUT2D eigenvalue weighted by atomic mass is 14.7. The Labute approximate surface area is 85.5 Å². The Bertz CT molecular complexity index is 274. The minimum absolute atomic E-state index is 0.0839. The molecule has 0 atom stereocenters. The molecule has 0 radical (unpaired) electrons. The summed E-state index contributed by atoms with van der Waals surface area (Å²) in [5, 5.41) is 0. The van der Waals surface area contributed by atoms with Gasteiger partial charge < -0.3 is 5.73 Å². The minimum atomic E-state index is -0.0839. The number of nitrogens with two attached hydrogens (primary N) is 1. The first kappa shape index (κ1) is 9.66. The molecule has 2 N–H and O–H groups in total. The number of pyridine rings is 1. The van der Waals surface area contributed by atoms with E-state index in [-0.39, 0.29) is 5.54 Å². The van der Waals surface area contributed by atoms with Crippen LogP contribution in [0, 0.1) is 0 Å². The van der Waals surface area contributed by atoms with Gasteiger partial charge in [-0.15, -0.1) is 0 Å². The van der Waals surface area contributed by atoms with Crippen LogP contribution in [0.25, 0.3) is 0 Å². The van der Waals surface area contributed by atoms with Crippen LogP contribution in [0.1, 0.15) is 44.1 Å². The van der Waals surface area contributed by atoms with Crippen LogP contribution in [0.15, 0.2) is 24.5 Å². The second-order valence-corrected chi connectivity index (χ2v) is 4.31. The molecule has 0 aliphatic heterocycles. The van der Waals surface area contributed by atoms with Gasteiger partial charge >= 0.3 is 0 Å². The molecule has 0 amide bonds. The fourth-order valence-electron chi connectivity index (χ4n) is 2.33. The summed E-state index contributed by atoms with van der Waals surface area (Å²) in [6.07, 6.45) is 11.1. The standard InChI is InChI=1S/C12H18N2/c13-12(7-3-1-2-4-8-12)11-5-9-14-10-6-11/h5-6,9-10H,1-4,7-8,13H2. The van der Waals surface area contributed by atoms with Crippen molar-refractivity contribution in [1.29, 1.82) is 0 Å². The molecule has 2 heteroatoms. The maximum Gasteiger partial charge on any atom is 0.0410 e. The predicted octanol–water partition coefficient (Wildman–Crippen LogP) is 2.59. The Morgan fingerprint density at radius 1 is 1.00 bits per heavy atom. The third kappa shape index (κ3) is 1.95. The molecule has 1 aliphatic rings. The summed E-state index contributed by atoms with van der Waals surface area (Å²) in [7, 11) is 0. The van der Waals surface area contributed by atoms with Gasteiger partial charge in [0.1, 0.15) is 0 Å². The van der Waals surface area contributed by atoms with E-state index in [1.807, 2.05) is 12.4 Å². The van der Waals surface area contributed by atoms with Gasteiger partial charge in [-0.25, -0.2) is 0 Å². The lowest BCUT2D eigenvalue weighted by atomic mass is 9.84. The number of rotatable bonds is 1. The normalized spacial score (nSPS) is 21.5. The van der Waals surface area contributed by atoms with Gasteiger partial charge in [-0.1, -0.05) is 25.7 Å². The maximum absolute atomic E-state index is 6.45. The van der Waals surface area contributed by atoms with Gasteiger partial charge in [0.05, 0.1) is 0 Å². The van der Waals surface area contributed by atoms with Crippen LogP contribution in [0.4, 0.5) is 0 Å². The second kappa shape index (κ2) is 4.09. The molecule has 1 aliphatic carbocycles. The molecular formula is C12H18N2. The van der Waals surface area contributed by atoms with Crippen molar-refractivity contribution in [3.63, 3.8) is 0 Å². The molecule has 0 unspecified atom stereocenters. The van der Waals surface area contributed by atoms with Crippen molar-refractivity contribution in [2.75, 3.05) is 0 Å². The maximum atomic E-state index is 6.45. The zero-order chi connectivity index (χ0) is 9.86. The van der Waals surface area contributed by atoms with Crippen LogP contribution in [0.3, 0.4) is 0 Å². The number of nitrogens with zero attached hydrogens (tertiary/aromatic N) is 1. The van der Waals surface area contributed by atoms with Crippen molar-refractivity contribution >= 4 is 0 Å². The quantitative estimate of drug-likeness (QED) is 0.691. The molecule has 0 saturated heterocycles. The topological polar surface area (TPSA) is 38.9 Å². The van der Waals surface area contributed by atoms with Crippen molar-refractivity contribution < 1.29 is 0 Å². The van der Waals surface area contributed by atoms with Gasteiger partial charge in [-0.05, 0) is 30.5 Å². The van der Waals surface area contributed by atoms with Crippen molar-refractivity contribution in [3.05, 3.63) is 30.1 Å². The molecule has 1 saturated carbocycles. The third-order valence-electron chi connectivity index (χ3n) is 3.25. The van der Waals surface area contributed by atoms with Gasteiger partial charge in [0.15, 0.2) is 0 Å². The molecule has 0 bridgehead atoms. The molecular weight excluding hydrogens is 172 g/mol. The summed E-state index contributed by atoms with van der Waals surface area (Å²) in [6.45, 7) is 0. The van der Waals surface area contributed by atoms with Gasteiger partial charge in [-0.3, -0.25) is 4.98 Å². The van der Waals surface area contributed by atoms with E-state index in [9.17, 15) is 0 Å². The monoisotopic (exact) mass is 190 g/mol. The van der Waals surface area contributed by atoms with Crippen LogP contribution >= 0.6 is 0 Å². The second-order valence-electron chi connectivity index (χ2n) is 4.31. The van der Waals surface area contributed by atoms with Gasteiger partial charge in [-0.2, -0.15) is 0 Å². The molecule has 2 nitrogen and oxygen atoms in total. The molecule has 0 spiro atoms. The summed E-state index contributed by atoms with van der Waals surface area (Å²) in [5.74, 6) is 0. The molecule has 1 aromatic rings. The van der Waals surface area contributed by atoms with Crippen LogP contribution in [0.2, 0.25) is 0 Å². The molecule has 1 heterocycles. The lowest BCUT2D eigenvalue weighted by Crippen LogP contribution is -2.35. The van der Waals surface area contributed by atoms with E-state index in [1.54, 1.807) is 0 Å². The van der Waals surface area contributed by atoms with Crippen LogP contribution in [-0.2, 0) is 5.54 Å². The molecule has 14 heavy (non-hydrogen) atoms. The van der Waals surface area contributed by atoms with Gasteiger partial charge in [0.2, 0.25) is 0 Å². The Morgan fingerprint density at radius 3 is 2.14 bits per heavy atom. The van der Waals surface area contributed by atoms with Crippen LogP contribution in [0.5, 0.6) is 0 Å². The zero-order valence-electron chi connectivity index (χ0n) is 8.58. The lowest BCUT2D eigenvalue weighted by Gasteiger charge is -2.28. The molecule has 1 fully saturated rings. The third-order valence-corrected chi connectivity index (χ3v) is 3.25. The van der Waals surface area contributed by atoms with E-state index >= 15 is 0 Å². The Hall–Kier alpha value is -0.890. The Morgan fingerprint density at radius 2 is 1.57 bits per heavy atom. The lowest BCUT2D eigenvalue weighted by molar-refractivity contribution is 0.385. The summed E-state index contributed by atoms with van der Waals surface area (Å²) >= 11 is 0. The first-order valence-electron chi connectivity index (χ1n) is 5.51. The highest BCUT2D eigenvalue weighted by Gasteiger charge is 2.27. The van der Waals surface area contributed by atoms with Crippen LogP contribution < -0.4 is 5.73 Å². The minimum Gasteiger partial charge on any atom is -0.321 e. The summed E-state index contributed by atoms with van der Waals surface area (Å²) < 4.78 is 0. The molecule has 2 rings (SSSR count). The van der Waals surface area contributed by atoms with E-state index in [0.717, 1.165) is 12.8 Å². The van der Waals surface area contributed by atoms with E-state index in [0.29, 0.717) is 0 Å². The molecule has 1 aromatic heterocycles. The highest BCUT2D eigenvalue weighted by molar-refractivity contribution is 5.21. The van der Waals surface area contributed by atoms with E-state index in [4.69, 9.17) is 5.73 Å². The van der Waals surface area contributed by atoms with Crippen molar-refractivity contribution in [1.82, 2.24) is 4.98 Å².